The van der Waals surface area contributed by atoms with Gasteiger partial charge >= 0.3 is 0 Å². The van der Waals surface area contributed by atoms with Crippen molar-refractivity contribution in [2.75, 3.05) is 18.4 Å². The average molecular weight is 519 g/mol. The molecule has 0 spiro atoms. The normalized spacial score (nSPS) is 10.8. The van der Waals surface area contributed by atoms with Crippen LogP contribution in [0.15, 0.2) is 47.5 Å². The summed E-state index contributed by atoms with van der Waals surface area (Å²) in [5.41, 5.74) is 2.54. The van der Waals surface area contributed by atoms with Crippen LogP contribution in [0.4, 0.5) is 10.1 Å². The van der Waals surface area contributed by atoms with Crippen molar-refractivity contribution < 1.29 is 9.18 Å². The van der Waals surface area contributed by atoms with Gasteiger partial charge in [-0.1, -0.05) is 29.8 Å². The van der Waals surface area contributed by atoms with Crippen molar-refractivity contribution >= 4 is 53.1 Å². The summed E-state index contributed by atoms with van der Waals surface area (Å²) in [7, 11) is 0. The molecule has 0 atom stereocenters. The van der Waals surface area contributed by atoms with Crippen LogP contribution >= 0.6 is 35.6 Å². The number of benzene rings is 2. The first-order valence-corrected chi connectivity index (χ1v) is 9.18. The van der Waals surface area contributed by atoms with E-state index < -0.39 is 0 Å². The van der Waals surface area contributed by atoms with Crippen LogP contribution in [0.1, 0.15) is 24.5 Å². The first-order valence-electron chi connectivity index (χ1n) is 8.80. The van der Waals surface area contributed by atoms with Gasteiger partial charge in [0.05, 0.1) is 17.3 Å². The van der Waals surface area contributed by atoms with Crippen molar-refractivity contribution in [2.24, 2.45) is 4.99 Å². The second-order valence-corrected chi connectivity index (χ2v) is 6.44. The zero-order valence-electron chi connectivity index (χ0n) is 15.9. The lowest BCUT2D eigenvalue weighted by atomic mass is 10.2. The van der Waals surface area contributed by atoms with Gasteiger partial charge in [-0.15, -0.1) is 24.0 Å². The van der Waals surface area contributed by atoms with Crippen molar-refractivity contribution in [2.45, 2.75) is 26.8 Å². The van der Waals surface area contributed by atoms with Gasteiger partial charge < -0.3 is 16.0 Å². The van der Waals surface area contributed by atoms with Crippen molar-refractivity contribution in [1.82, 2.24) is 10.6 Å². The molecule has 0 aliphatic heterocycles. The SMILES string of the molecule is CCNC(=NCc1ccc(F)cc1)NCCC(=O)Nc1ccc(C)cc1Cl.I. The van der Waals surface area contributed by atoms with E-state index in [1.165, 1.54) is 12.1 Å². The van der Waals surface area contributed by atoms with Gasteiger partial charge in [-0.3, -0.25) is 4.79 Å². The summed E-state index contributed by atoms with van der Waals surface area (Å²) in [5.74, 6) is 0.193. The van der Waals surface area contributed by atoms with Gasteiger partial charge in [-0.2, -0.15) is 0 Å². The third kappa shape index (κ3) is 8.43. The molecule has 0 radical (unpaired) electrons. The topological polar surface area (TPSA) is 65.5 Å². The number of nitrogens with one attached hydrogen (secondary N) is 3. The number of guanidine groups is 1. The number of nitrogens with zero attached hydrogens (tertiary/aromatic N) is 1. The summed E-state index contributed by atoms with van der Waals surface area (Å²) in [5, 5.41) is 9.55. The molecule has 8 heteroatoms. The lowest BCUT2D eigenvalue weighted by Gasteiger charge is -2.12. The molecule has 152 valence electrons. The highest BCUT2D eigenvalue weighted by molar-refractivity contribution is 14.0. The largest absolute Gasteiger partial charge is 0.357 e. The molecule has 0 saturated carbocycles. The van der Waals surface area contributed by atoms with Crippen LogP contribution in [0.25, 0.3) is 0 Å². The number of hydrogen-bond acceptors (Lipinski definition) is 2. The maximum Gasteiger partial charge on any atom is 0.226 e. The Kier molecular flexibility index (Phi) is 10.8. The van der Waals surface area contributed by atoms with E-state index in [2.05, 4.69) is 20.9 Å². The smallest absolute Gasteiger partial charge is 0.226 e. The summed E-state index contributed by atoms with van der Waals surface area (Å²) >= 11 is 6.13. The van der Waals surface area contributed by atoms with E-state index in [4.69, 9.17) is 11.6 Å². The molecule has 0 saturated heterocycles. The van der Waals surface area contributed by atoms with E-state index in [9.17, 15) is 9.18 Å². The number of hydrogen-bond donors (Lipinski definition) is 3. The van der Waals surface area contributed by atoms with Crippen LogP contribution in [0.3, 0.4) is 0 Å². The maximum absolute atomic E-state index is 12.9. The quantitative estimate of drug-likeness (QED) is 0.288. The summed E-state index contributed by atoms with van der Waals surface area (Å²) in [4.78, 5) is 16.5. The fraction of sp³-hybridized carbons (Fsp3) is 0.300. The molecule has 0 bridgehead atoms. The summed E-state index contributed by atoms with van der Waals surface area (Å²) in [6.07, 6.45) is 0.269. The second kappa shape index (κ2) is 12.6. The minimum absolute atomic E-state index is 0. The molecule has 2 aromatic carbocycles. The maximum atomic E-state index is 12.9. The van der Waals surface area contributed by atoms with Crippen molar-refractivity contribution in [3.05, 3.63) is 64.4 Å². The zero-order chi connectivity index (χ0) is 19.6. The minimum atomic E-state index is -0.271. The van der Waals surface area contributed by atoms with Crippen LogP contribution < -0.4 is 16.0 Å². The fourth-order valence-electron chi connectivity index (χ4n) is 2.33. The molecular formula is C20H25ClFIN4O. The molecular weight excluding hydrogens is 494 g/mol. The average Bonchev–Trinajstić information content (AvgIpc) is 2.63. The van der Waals surface area contributed by atoms with Crippen LogP contribution in [0.2, 0.25) is 5.02 Å². The number of amides is 1. The standard InChI is InChI=1S/C20H24ClFN4O.HI/c1-3-23-20(25-13-15-5-7-16(22)8-6-15)24-11-10-19(27)26-18-9-4-14(2)12-17(18)21;/h4-9,12H,3,10-11,13H2,1-2H3,(H,26,27)(H2,23,24,25);1H. The lowest BCUT2D eigenvalue weighted by Crippen LogP contribution is -2.38. The van der Waals surface area contributed by atoms with Gasteiger partial charge in [-0.25, -0.2) is 9.38 Å². The van der Waals surface area contributed by atoms with Crippen LogP contribution in [-0.4, -0.2) is 25.0 Å². The first kappa shape index (κ1) is 24.2. The van der Waals surface area contributed by atoms with Gasteiger partial charge in [0, 0.05) is 19.5 Å². The zero-order valence-corrected chi connectivity index (χ0v) is 19.0. The molecule has 0 fully saturated rings. The molecule has 0 aliphatic rings. The minimum Gasteiger partial charge on any atom is -0.357 e. The molecule has 2 aromatic rings. The molecule has 0 aromatic heterocycles. The number of carbonyl (C=O) groups excluding carboxylic acids is 1. The third-order valence-electron chi connectivity index (χ3n) is 3.72. The predicted octanol–water partition coefficient (Wildman–Crippen LogP) is 4.49. The van der Waals surface area contributed by atoms with Gasteiger partial charge in [0.25, 0.3) is 0 Å². The molecule has 0 heterocycles. The van der Waals surface area contributed by atoms with E-state index in [1.54, 1.807) is 24.3 Å². The highest BCUT2D eigenvalue weighted by atomic mass is 127. The lowest BCUT2D eigenvalue weighted by molar-refractivity contribution is -0.116. The molecule has 5 nitrogen and oxygen atoms in total. The Morgan fingerprint density at radius 2 is 1.86 bits per heavy atom. The number of carbonyl (C=O) groups is 1. The Labute approximate surface area is 187 Å². The number of halogens is 3. The van der Waals surface area contributed by atoms with Crippen LogP contribution in [0, 0.1) is 12.7 Å². The number of aryl methyl sites for hydroxylation is 1. The van der Waals surface area contributed by atoms with Crippen molar-refractivity contribution in [3.63, 3.8) is 0 Å². The van der Waals surface area contributed by atoms with E-state index in [-0.39, 0.29) is 42.1 Å². The third-order valence-corrected chi connectivity index (χ3v) is 4.03. The first-order chi connectivity index (χ1) is 13.0. The van der Waals surface area contributed by atoms with E-state index >= 15 is 0 Å². The summed E-state index contributed by atoms with van der Waals surface area (Å²) < 4.78 is 12.9. The Morgan fingerprint density at radius 3 is 2.50 bits per heavy atom. The molecule has 28 heavy (non-hydrogen) atoms. The monoisotopic (exact) mass is 518 g/mol. The molecule has 2 rings (SSSR count). The van der Waals surface area contributed by atoms with Gasteiger partial charge in [0.2, 0.25) is 5.91 Å². The molecule has 1 amide bonds. The Balaban J connectivity index is 0.00000392. The Bertz CT molecular complexity index is 799. The summed E-state index contributed by atoms with van der Waals surface area (Å²) in [6.45, 7) is 5.43. The van der Waals surface area contributed by atoms with Crippen molar-refractivity contribution in [3.8, 4) is 0 Å². The molecule has 0 aliphatic carbocycles. The molecule has 3 N–H and O–H groups in total. The number of rotatable bonds is 7. The van der Waals surface area contributed by atoms with Crippen LogP contribution in [0.5, 0.6) is 0 Å². The van der Waals surface area contributed by atoms with Gasteiger partial charge in [0.15, 0.2) is 5.96 Å². The van der Waals surface area contributed by atoms with E-state index in [0.29, 0.717) is 36.3 Å². The van der Waals surface area contributed by atoms with Gasteiger partial charge in [-0.05, 0) is 49.2 Å². The van der Waals surface area contributed by atoms with E-state index in [1.807, 2.05) is 19.9 Å². The van der Waals surface area contributed by atoms with Gasteiger partial charge in [0.1, 0.15) is 5.82 Å². The molecule has 0 unspecified atom stereocenters. The second-order valence-electron chi connectivity index (χ2n) is 6.03. The highest BCUT2D eigenvalue weighted by Gasteiger charge is 2.06. The highest BCUT2D eigenvalue weighted by Crippen LogP contribution is 2.22. The number of anilines is 1. The van der Waals surface area contributed by atoms with E-state index in [0.717, 1.165) is 11.1 Å². The fourth-order valence-corrected chi connectivity index (χ4v) is 2.61. The summed E-state index contributed by atoms with van der Waals surface area (Å²) in [6, 6.07) is 11.7. The number of aliphatic imine (C=N–C) groups is 1. The van der Waals surface area contributed by atoms with Crippen LogP contribution in [-0.2, 0) is 11.3 Å². The Hall–Kier alpha value is -1.87. The Morgan fingerprint density at radius 1 is 1.14 bits per heavy atom. The van der Waals surface area contributed by atoms with Crippen molar-refractivity contribution in [1.29, 1.82) is 0 Å². The predicted molar refractivity (Wildman–Crippen MR) is 124 cm³/mol.